The SMILES string of the molecule is CC(NC(=O)OC(C)(C)C)c1cncn1C. The zero-order valence-corrected chi connectivity index (χ0v) is 10.4. The lowest BCUT2D eigenvalue weighted by Gasteiger charge is -2.22. The first-order valence-corrected chi connectivity index (χ1v) is 5.25. The van der Waals surface area contributed by atoms with E-state index in [-0.39, 0.29) is 6.04 Å². The molecule has 1 atom stereocenters. The highest BCUT2D eigenvalue weighted by Crippen LogP contribution is 2.12. The summed E-state index contributed by atoms with van der Waals surface area (Å²) >= 11 is 0. The summed E-state index contributed by atoms with van der Waals surface area (Å²) < 4.78 is 7.03. The van der Waals surface area contributed by atoms with Crippen LogP contribution in [0, 0.1) is 0 Å². The van der Waals surface area contributed by atoms with E-state index in [1.54, 1.807) is 12.5 Å². The second-order valence-corrected chi connectivity index (χ2v) is 4.80. The van der Waals surface area contributed by atoms with E-state index in [4.69, 9.17) is 4.74 Å². The number of alkyl carbamates (subject to hydrolysis) is 1. The van der Waals surface area contributed by atoms with Crippen LogP contribution in [0.25, 0.3) is 0 Å². The smallest absolute Gasteiger partial charge is 0.408 e. The van der Waals surface area contributed by atoms with Crippen LogP contribution in [0.4, 0.5) is 4.79 Å². The van der Waals surface area contributed by atoms with Crippen LogP contribution in [0.5, 0.6) is 0 Å². The molecule has 1 unspecified atom stereocenters. The molecule has 0 fully saturated rings. The minimum absolute atomic E-state index is 0.123. The number of carbonyl (C=O) groups excluding carboxylic acids is 1. The number of aryl methyl sites for hydroxylation is 1. The van der Waals surface area contributed by atoms with Gasteiger partial charge in [0.1, 0.15) is 5.60 Å². The van der Waals surface area contributed by atoms with Gasteiger partial charge in [0.05, 0.1) is 24.3 Å². The van der Waals surface area contributed by atoms with Crippen LogP contribution >= 0.6 is 0 Å². The lowest BCUT2D eigenvalue weighted by molar-refractivity contribution is 0.0506. The number of hydrogen-bond donors (Lipinski definition) is 1. The van der Waals surface area contributed by atoms with Crippen molar-refractivity contribution in [3.63, 3.8) is 0 Å². The fourth-order valence-electron chi connectivity index (χ4n) is 1.34. The minimum Gasteiger partial charge on any atom is -0.444 e. The minimum atomic E-state index is -0.476. The molecule has 0 aliphatic carbocycles. The molecular weight excluding hydrogens is 206 g/mol. The molecule has 0 radical (unpaired) electrons. The Morgan fingerprint density at radius 2 is 2.19 bits per heavy atom. The lowest BCUT2D eigenvalue weighted by Crippen LogP contribution is -2.34. The van der Waals surface area contributed by atoms with Crippen molar-refractivity contribution >= 4 is 6.09 Å². The molecule has 5 heteroatoms. The van der Waals surface area contributed by atoms with Crippen LogP contribution in [0.2, 0.25) is 0 Å². The summed E-state index contributed by atoms with van der Waals surface area (Å²) in [6.45, 7) is 7.39. The molecular formula is C11H19N3O2. The molecule has 1 aromatic heterocycles. The highest BCUT2D eigenvalue weighted by atomic mass is 16.6. The third-order valence-electron chi connectivity index (χ3n) is 2.03. The molecule has 16 heavy (non-hydrogen) atoms. The zero-order valence-electron chi connectivity index (χ0n) is 10.4. The van der Waals surface area contributed by atoms with Gasteiger partial charge < -0.3 is 14.6 Å². The average molecular weight is 225 g/mol. The molecule has 0 saturated heterocycles. The molecule has 0 aromatic carbocycles. The normalized spacial score (nSPS) is 13.3. The Labute approximate surface area is 95.8 Å². The van der Waals surface area contributed by atoms with Crippen molar-refractivity contribution in [1.29, 1.82) is 0 Å². The topological polar surface area (TPSA) is 56.1 Å². The second kappa shape index (κ2) is 4.55. The Kier molecular flexibility index (Phi) is 3.57. The number of rotatable bonds is 2. The summed E-state index contributed by atoms with van der Waals surface area (Å²) in [5.74, 6) is 0. The first kappa shape index (κ1) is 12.5. The Morgan fingerprint density at radius 1 is 1.56 bits per heavy atom. The van der Waals surface area contributed by atoms with Gasteiger partial charge in [-0.3, -0.25) is 0 Å². The summed E-state index contributed by atoms with van der Waals surface area (Å²) in [5.41, 5.74) is 0.460. The van der Waals surface area contributed by atoms with Crippen LogP contribution in [0.3, 0.4) is 0 Å². The molecule has 0 aliphatic heterocycles. The number of amides is 1. The van der Waals surface area contributed by atoms with E-state index >= 15 is 0 Å². The van der Waals surface area contributed by atoms with Crippen molar-refractivity contribution in [1.82, 2.24) is 14.9 Å². The van der Waals surface area contributed by atoms with E-state index in [9.17, 15) is 4.79 Å². The Balaban J connectivity index is 2.56. The monoisotopic (exact) mass is 225 g/mol. The number of hydrogen-bond acceptors (Lipinski definition) is 3. The highest BCUT2D eigenvalue weighted by molar-refractivity contribution is 5.68. The van der Waals surface area contributed by atoms with Crippen molar-refractivity contribution in [2.45, 2.75) is 39.3 Å². The third-order valence-corrected chi connectivity index (χ3v) is 2.03. The molecule has 90 valence electrons. The van der Waals surface area contributed by atoms with E-state index in [1.807, 2.05) is 39.3 Å². The zero-order chi connectivity index (χ0) is 12.3. The standard InChI is InChI=1S/C11H19N3O2/c1-8(9-6-12-7-14(9)5)13-10(15)16-11(2,3)4/h6-8H,1-5H3,(H,13,15). The maximum Gasteiger partial charge on any atom is 0.408 e. The maximum absolute atomic E-state index is 11.5. The molecule has 0 spiro atoms. The summed E-state index contributed by atoms with van der Waals surface area (Å²) in [5, 5.41) is 2.76. The van der Waals surface area contributed by atoms with E-state index in [0.717, 1.165) is 5.69 Å². The van der Waals surface area contributed by atoms with E-state index in [1.165, 1.54) is 0 Å². The van der Waals surface area contributed by atoms with E-state index in [2.05, 4.69) is 10.3 Å². The van der Waals surface area contributed by atoms with Gasteiger partial charge in [0.15, 0.2) is 0 Å². The van der Waals surface area contributed by atoms with Crippen molar-refractivity contribution < 1.29 is 9.53 Å². The van der Waals surface area contributed by atoms with Crippen molar-refractivity contribution in [2.24, 2.45) is 7.05 Å². The maximum atomic E-state index is 11.5. The molecule has 0 bridgehead atoms. The molecule has 1 rings (SSSR count). The second-order valence-electron chi connectivity index (χ2n) is 4.80. The molecule has 1 heterocycles. The van der Waals surface area contributed by atoms with Crippen LogP contribution in [0.1, 0.15) is 39.4 Å². The third kappa shape index (κ3) is 3.56. The first-order valence-electron chi connectivity index (χ1n) is 5.25. The number of nitrogens with zero attached hydrogens (tertiary/aromatic N) is 2. The predicted octanol–water partition coefficient (Wildman–Crippen LogP) is 2.01. The molecule has 1 aromatic rings. The summed E-state index contributed by atoms with van der Waals surface area (Å²) in [7, 11) is 1.88. The summed E-state index contributed by atoms with van der Waals surface area (Å²) in [6.07, 6.45) is 3.01. The van der Waals surface area contributed by atoms with Crippen molar-refractivity contribution in [3.8, 4) is 0 Å². The van der Waals surface area contributed by atoms with Gasteiger partial charge >= 0.3 is 6.09 Å². The molecule has 0 aliphatic rings. The molecule has 1 N–H and O–H groups in total. The molecule has 1 amide bonds. The molecule has 5 nitrogen and oxygen atoms in total. The van der Waals surface area contributed by atoms with Crippen molar-refractivity contribution in [3.05, 3.63) is 18.2 Å². The predicted molar refractivity (Wildman–Crippen MR) is 61.0 cm³/mol. The Bertz CT molecular complexity index is 366. The van der Waals surface area contributed by atoms with E-state index in [0.29, 0.717) is 0 Å². The quantitative estimate of drug-likeness (QED) is 0.837. The number of aromatic nitrogens is 2. The van der Waals surface area contributed by atoms with Crippen LogP contribution < -0.4 is 5.32 Å². The average Bonchev–Trinajstić information content (AvgIpc) is 2.47. The fourth-order valence-corrected chi connectivity index (χ4v) is 1.34. The summed E-state index contributed by atoms with van der Waals surface area (Å²) in [4.78, 5) is 15.5. The Morgan fingerprint density at radius 3 is 2.62 bits per heavy atom. The highest BCUT2D eigenvalue weighted by Gasteiger charge is 2.19. The van der Waals surface area contributed by atoms with Gasteiger partial charge in [-0.25, -0.2) is 9.78 Å². The van der Waals surface area contributed by atoms with Gasteiger partial charge in [0.25, 0.3) is 0 Å². The number of ether oxygens (including phenoxy) is 1. The van der Waals surface area contributed by atoms with Crippen LogP contribution in [0.15, 0.2) is 12.5 Å². The summed E-state index contributed by atoms with van der Waals surface area (Å²) in [6, 6.07) is -0.123. The van der Waals surface area contributed by atoms with Gasteiger partial charge in [-0.05, 0) is 27.7 Å². The number of nitrogens with one attached hydrogen (secondary N) is 1. The molecule has 0 saturated carbocycles. The lowest BCUT2D eigenvalue weighted by atomic mass is 10.2. The van der Waals surface area contributed by atoms with Crippen LogP contribution in [-0.4, -0.2) is 21.2 Å². The van der Waals surface area contributed by atoms with Gasteiger partial charge in [-0.2, -0.15) is 0 Å². The van der Waals surface area contributed by atoms with Gasteiger partial charge in [-0.15, -0.1) is 0 Å². The van der Waals surface area contributed by atoms with E-state index < -0.39 is 11.7 Å². The van der Waals surface area contributed by atoms with Gasteiger partial charge in [0, 0.05) is 7.05 Å². The fraction of sp³-hybridized carbons (Fsp3) is 0.636. The van der Waals surface area contributed by atoms with Crippen molar-refractivity contribution in [2.75, 3.05) is 0 Å². The van der Waals surface area contributed by atoms with Gasteiger partial charge in [0.2, 0.25) is 0 Å². The Hall–Kier alpha value is -1.52. The largest absolute Gasteiger partial charge is 0.444 e. The number of carbonyl (C=O) groups is 1. The van der Waals surface area contributed by atoms with Crippen LogP contribution in [-0.2, 0) is 11.8 Å². The van der Waals surface area contributed by atoms with Gasteiger partial charge in [-0.1, -0.05) is 0 Å². The number of imidazole rings is 1. The first-order chi connectivity index (χ1) is 7.29.